The van der Waals surface area contributed by atoms with Crippen molar-refractivity contribution in [2.45, 2.75) is 19.9 Å². The molecule has 2 heteroatoms. The lowest BCUT2D eigenvalue weighted by molar-refractivity contribution is 0.471. The van der Waals surface area contributed by atoms with Crippen LogP contribution in [0.15, 0.2) is 0 Å². The Labute approximate surface area is 50.7 Å². The molecule has 1 rings (SSSR count). The maximum absolute atomic E-state index is 3.34. The van der Waals surface area contributed by atoms with E-state index in [1.807, 2.05) is 0 Å². The minimum atomic E-state index is 0.704. The van der Waals surface area contributed by atoms with Crippen LogP contribution in [0.5, 0.6) is 0 Å². The Morgan fingerprint density at radius 2 is 2.25 bits per heavy atom. The summed E-state index contributed by atoms with van der Waals surface area (Å²) in [5.41, 5.74) is 0. The molecular formula is C6H14N2. The van der Waals surface area contributed by atoms with Crippen molar-refractivity contribution in [1.82, 2.24) is 10.6 Å². The van der Waals surface area contributed by atoms with Gasteiger partial charge in [-0.1, -0.05) is 13.8 Å². The first-order valence-electron chi connectivity index (χ1n) is 3.25. The lowest BCUT2D eigenvalue weighted by atomic mass is 10.1. The van der Waals surface area contributed by atoms with Crippen LogP contribution in [0.1, 0.15) is 13.8 Å². The highest BCUT2D eigenvalue weighted by Crippen LogP contribution is 2.01. The fourth-order valence-corrected chi connectivity index (χ4v) is 0.975. The predicted molar refractivity (Wildman–Crippen MR) is 34.6 cm³/mol. The van der Waals surface area contributed by atoms with Crippen LogP contribution in [0.25, 0.3) is 0 Å². The van der Waals surface area contributed by atoms with Gasteiger partial charge in [-0.15, -0.1) is 0 Å². The third-order valence-corrected chi connectivity index (χ3v) is 1.66. The van der Waals surface area contributed by atoms with Crippen LogP contribution in [-0.4, -0.2) is 19.3 Å². The Bertz CT molecular complexity index is 64.9. The fraction of sp³-hybridized carbons (Fsp3) is 1.00. The third kappa shape index (κ3) is 1.20. The lowest BCUT2D eigenvalue weighted by Gasteiger charge is -2.11. The summed E-state index contributed by atoms with van der Waals surface area (Å²) in [6.45, 7) is 6.61. The summed E-state index contributed by atoms with van der Waals surface area (Å²) in [6, 6.07) is 0.704. The normalized spacial score (nSPS) is 29.6. The van der Waals surface area contributed by atoms with Gasteiger partial charge < -0.3 is 10.6 Å². The van der Waals surface area contributed by atoms with Crippen molar-refractivity contribution in [2.75, 3.05) is 13.2 Å². The van der Waals surface area contributed by atoms with E-state index in [4.69, 9.17) is 0 Å². The zero-order valence-corrected chi connectivity index (χ0v) is 5.57. The number of hydrogen-bond donors (Lipinski definition) is 2. The van der Waals surface area contributed by atoms with Crippen LogP contribution >= 0.6 is 0 Å². The van der Waals surface area contributed by atoms with Gasteiger partial charge in [0, 0.05) is 19.3 Å². The summed E-state index contributed by atoms with van der Waals surface area (Å²) in [4.78, 5) is 0. The first kappa shape index (κ1) is 6.05. The van der Waals surface area contributed by atoms with Gasteiger partial charge in [-0.05, 0) is 5.92 Å². The molecule has 0 bridgehead atoms. The molecule has 2 nitrogen and oxygen atoms in total. The monoisotopic (exact) mass is 114 g/mol. The van der Waals surface area contributed by atoms with Gasteiger partial charge in [-0.2, -0.15) is 0 Å². The molecule has 1 heterocycles. The molecule has 1 saturated heterocycles. The van der Waals surface area contributed by atoms with Crippen LogP contribution in [0, 0.1) is 5.92 Å². The number of nitrogens with one attached hydrogen (secondary N) is 2. The van der Waals surface area contributed by atoms with E-state index in [0.717, 1.165) is 19.1 Å². The highest BCUT2D eigenvalue weighted by atomic mass is 15.2. The van der Waals surface area contributed by atoms with E-state index >= 15 is 0 Å². The maximum atomic E-state index is 3.34. The van der Waals surface area contributed by atoms with Gasteiger partial charge in [0.05, 0.1) is 0 Å². The van der Waals surface area contributed by atoms with Crippen LogP contribution in [-0.2, 0) is 0 Å². The second-order valence-electron chi connectivity index (χ2n) is 2.69. The van der Waals surface area contributed by atoms with E-state index in [0.29, 0.717) is 6.04 Å². The van der Waals surface area contributed by atoms with Crippen molar-refractivity contribution < 1.29 is 0 Å². The molecule has 0 aromatic rings. The second-order valence-corrected chi connectivity index (χ2v) is 2.69. The number of hydrogen-bond acceptors (Lipinski definition) is 2. The van der Waals surface area contributed by atoms with Crippen LogP contribution in [0.2, 0.25) is 0 Å². The Morgan fingerprint density at radius 1 is 1.50 bits per heavy atom. The minimum absolute atomic E-state index is 0.704. The Kier molecular flexibility index (Phi) is 1.86. The lowest BCUT2D eigenvalue weighted by Crippen LogP contribution is -2.28. The van der Waals surface area contributed by atoms with E-state index in [9.17, 15) is 0 Å². The molecule has 0 saturated carbocycles. The molecule has 1 aliphatic heterocycles. The molecule has 0 aromatic heterocycles. The molecule has 1 aliphatic rings. The van der Waals surface area contributed by atoms with Crippen molar-refractivity contribution in [1.29, 1.82) is 0 Å². The van der Waals surface area contributed by atoms with Crippen molar-refractivity contribution in [3.05, 3.63) is 0 Å². The van der Waals surface area contributed by atoms with E-state index in [-0.39, 0.29) is 0 Å². The topological polar surface area (TPSA) is 24.1 Å². The molecule has 0 amide bonds. The van der Waals surface area contributed by atoms with Crippen molar-refractivity contribution >= 4 is 0 Å². The molecule has 2 N–H and O–H groups in total. The first-order valence-corrected chi connectivity index (χ1v) is 3.25. The van der Waals surface area contributed by atoms with Gasteiger partial charge in [0.2, 0.25) is 0 Å². The van der Waals surface area contributed by atoms with E-state index in [2.05, 4.69) is 24.5 Å². The quantitative estimate of drug-likeness (QED) is 0.507. The summed E-state index contributed by atoms with van der Waals surface area (Å²) in [7, 11) is 0. The number of rotatable bonds is 1. The largest absolute Gasteiger partial charge is 0.303 e. The van der Waals surface area contributed by atoms with Crippen molar-refractivity contribution in [3.63, 3.8) is 0 Å². The van der Waals surface area contributed by atoms with Crippen molar-refractivity contribution in [2.24, 2.45) is 5.92 Å². The summed E-state index contributed by atoms with van der Waals surface area (Å²) < 4.78 is 0. The zero-order valence-electron chi connectivity index (χ0n) is 5.57. The van der Waals surface area contributed by atoms with Gasteiger partial charge in [0.25, 0.3) is 0 Å². The molecule has 8 heavy (non-hydrogen) atoms. The van der Waals surface area contributed by atoms with Crippen molar-refractivity contribution in [3.8, 4) is 0 Å². The molecule has 0 radical (unpaired) electrons. The second kappa shape index (κ2) is 2.46. The van der Waals surface area contributed by atoms with Crippen LogP contribution < -0.4 is 10.6 Å². The van der Waals surface area contributed by atoms with E-state index < -0.39 is 0 Å². The summed E-state index contributed by atoms with van der Waals surface area (Å²) in [6.07, 6.45) is 0. The minimum Gasteiger partial charge on any atom is -0.303 e. The Hall–Kier alpha value is -0.0800. The van der Waals surface area contributed by atoms with Gasteiger partial charge in [0.15, 0.2) is 0 Å². The van der Waals surface area contributed by atoms with Crippen LogP contribution in [0.3, 0.4) is 0 Å². The molecule has 1 fully saturated rings. The van der Waals surface area contributed by atoms with Gasteiger partial charge in [0.1, 0.15) is 0 Å². The Morgan fingerprint density at radius 3 is 2.50 bits per heavy atom. The molecule has 1 atom stereocenters. The smallest absolute Gasteiger partial charge is 0.0457 e. The highest BCUT2D eigenvalue weighted by Gasteiger charge is 2.15. The average Bonchev–Trinajstić information content (AvgIpc) is 2.12. The average molecular weight is 114 g/mol. The maximum Gasteiger partial charge on any atom is 0.0457 e. The van der Waals surface area contributed by atoms with Gasteiger partial charge >= 0.3 is 0 Å². The summed E-state index contributed by atoms with van der Waals surface area (Å²) >= 11 is 0. The van der Waals surface area contributed by atoms with E-state index in [1.54, 1.807) is 0 Å². The van der Waals surface area contributed by atoms with E-state index in [1.165, 1.54) is 0 Å². The molecule has 0 spiro atoms. The predicted octanol–water partition coefficient (Wildman–Crippen LogP) is 0.161. The molecular weight excluding hydrogens is 100 g/mol. The van der Waals surface area contributed by atoms with Gasteiger partial charge in [-0.25, -0.2) is 0 Å². The molecule has 1 unspecified atom stereocenters. The SMILES string of the molecule is CC(C)C1CNCN1. The summed E-state index contributed by atoms with van der Waals surface area (Å²) in [5.74, 6) is 0.769. The first-order chi connectivity index (χ1) is 3.80. The zero-order chi connectivity index (χ0) is 5.98. The molecule has 0 aromatic carbocycles. The summed E-state index contributed by atoms with van der Waals surface area (Å²) in [5, 5.41) is 6.59. The third-order valence-electron chi connectivity index (χ3n) is 1.66. The highest BCUT2D eigenvalue weighted by molar-refractivity contribution is 4.77. The molecule has 0 aliphatic carbocycles. The van der Waals surface area contributed by atoms with Crippen LogP contribution in [0.4, 0.5) is 0 Å². The standard InChI is InChI=1S/C6H14N2/c1-5(2)6-3-7-4-8-6/h5-8H,3-4H2,1-2H3. The van der Waals surface area contributed by atoms with Gasteiger partial charge in [-0.3, -0.25) is 0 Å². The fourth-order valence-electron chi connectivity index (χ4n) is 0.975. The molecule has 48 valence electrons. The Balaban J connectivity index is 2.24.